The van der Waals surface area contributed by atoms with Crippen LogP contribution in [0.3, 0.4) is 0 Å². The Bertz CT molecular complexity index is 1360. The Morgan fingerprint density at radius 3 is 2.29 bits per heavy atom. The van der Waals surface area contributed by atoms with Gasteiger partial charge in [0.2, 0.25) is 5.91 Å². The minimum atomic E-state index is -3.99. The number of rotatable bonds is 7. The van der Waals surface area contributed by atoms with E-state index in [-0.39, 0.29) is 19.1 Å². The normalized spacial score (nSPS) is 23.7. The Balaban J connectivity index is 1.76. The van der Waals surface area contributed by atoms with Crippen LogP contribution < -0.4 is 4.67 Å². The molecule has 0 bridgehead atoms. The molecule has 0 saturated carbocycles. The molecule has 1 spiro atoms. The molecule has 2 aliphatic heterocycles. The summed E-state index contributed by atoms with van der Waals surface area (Å²) in [6, 6.07) is 23.1. The first kappa shape index (κ1) is 27.3. The molecule has 0 N–H and O–H groups in total. The van der Waals surface area contributed by atoms with E-state index in [4.69, 9.17) is 13.9 Å². The largest absolute Gasteiger partial charge is 0.442 e. The molecule has 7 nitrogen and oxygen atoms in total. The van der Waals surface area contributed by atoms with Gasteiger partial charge in [0.25, 0.3) is 0 Å². The number of amides is 1. The quantitative estimate of drug-likeness (QED) is 0.266. The van der Waals surface area contributed by atoms with Crippen LogP contribution in [0.1, 0.15) is 54.7 Å². The second kappa shape index (κ2) is 10.7. The number of carbonyl (C=O) groups is 1. The summed E-state index contributed by atoms with van der Waals surface area (Å²) in [5.74, 6) is -0.322. The van der Waals surface area contributed by atoms with E-state index in [9.17, 15) is 9.36 Å². The molecule has 0 unspecified atom stereocenters. The van der Waals surface area contributed by atoms with Crippen LogP contribution in [0.2, 0.25) is 0 Å². The number of hydrogen-bond acceptors (Lipinski definition) is 6. The zero-order valence-corrected chi connectivity index (χ0v) is 24.4. The first-order chi connectivity index (χ1) is 18.2. The topological polar surface area (TPSA) is 68.3 Å². The van der Waals surface area contributed by atoms with Crippen LogP contribution in [-0.2, 0) is 28.7 Å². The summed E-state index contributed by atoms with van der Waals surface area (Å²) in [5, 5.41) is 1.78. The second-order valence-corrected chi connectivity index (χ2v) is 12.4. The van der Waals surface area contributed by atoms with E-state index in [0.29, 0.717) is 12.1 Å². The van der Waals surface area contributed by atoms with Gasteiger partial charge in [-0.1, -0.05) is 76.1 Å². The van der Waals surface area contributed by atoms with Gasteiger partial charge < -0.3 is 0 Å². The molecule has 5 rings (SSSR count). The van der Waals surface area contributed by atoms with Crippen LogP contribution in [0.25, 0.3) is 0 Å². The van der Waals surface area contributed by atoms with Crippen LogP contribution in [0, 0.1) is 6.92 Å². The van der Waals surface area contributed by atoms with Crippen molar-refractivity contribution in [3.63, 3.8) is 0 Å². The van der Waals surface area contributed by atoms with E-state index in [1.807, 2.05) is 86.8 Å². The van der Waals surface area contributed by atoms with Crippen LogP contribution in [0.4, 0.5) is 5.69 Å². The molecule has 1 amide bonds. The summed E-state index contributed by atoms with van der Waals surface area (Å²) >= 11 is 3.62. The van der Waals surface area contributed by atoms with Gasteiger partial charge in [-0.3, -0.25) is 18.7 Å². The molecule has 2 heterocycles. The van der Waals surface area contributed by atoms with Gasteiger partial charge in [0.15, 0.2) is 0 Å². The van der Waals surface area contributed by atoms with Crippen molar-refractivity contribution in [1.82, 2.24) is 5.06 Å². The van der Waals surface area contributed by atoms with Crippen molar-refractivity contribution in [2.24, 2.45) is 0 Å². The number of anilines is 1. The predicted octanol–water partition coefficient (Wildman–Crippen LogP) is 7.27. The Kier molecular flexibility index (Phi) is 7.66. The Hall–Kier alpha value is -2.32. The van der Waals surface area contributed by atoms with E-state index in [0.717, 1.165) is 26.7 Å². The van der Waals surface area contributed by atoms with Gasteiger partial charge in [-0.2, -0.15) is 5.06 Å². The second-order valence-electron chi connectivity index (χ2n) is 9.62. The average molecular weight is 599 g/mol. The summed E-state index contributed by atoms with van der Waals surface area (Å²) in [5.41, 5.74) is 3.18. The van der Waals surface area contributed by atoms with Gasteiger partial charge >= 0.3 is 7.75 Å². The summed E-state index contributed by atoms with van der Waals surface area (Å²) in [6.45, 7) is 5.80. The van der Waals surface area contributed by atoms with Crippen LogP contribution in [-0.4, -0.2) is 31.2 Å². The number of hydrogen-bond donors (Lipinski definition) is 0. The maximum Gasteiger partial charge on any atom is 0.442 e. The molecule has 0 aromatic heterocycles. The van der Waals surface area contributed by atoms with Crippen molar-refractivity contribution in [1.29, 1.82) is 0 Å². The van der Waals surface area contributed by atoms with Gasteiger partial charge in [0.1, 0.15) is 11.5 Å². The highest BCUT2D eigenvalue weighted by Gasteiger charge is 2.64. The highest BCUT2D eigenvalue weighted by molar-refractivity contribution is 9.10. The van der Waals surface area contributed by atoms with Crippen LogP contribution in [0.5, 0.6) is 0 Å². The Morgan fingerprint density at radius 2 is 1.66 bits per heavy atom. The van der Waals surface area contributed by atoms with Crippen LogP contribution >= 0.6 is 23.7 Å². The fraction of sp³-hybridized carbons (Fsp3) is 0.345. The summed E-state index contributed by atoms with van der Waals surface area (Å²) in [4.78, 5) is 21.4. The molecular formula is C29H32BrN2O5P. The van der Waals surface area contributed by atoms with Gasteiger partial charge in [-0.25, -0.2) is 9.24 Å². The van der Waals surface area contributed by atoms with E-state index in [2.05, 4.69) is 15.9 Å². The molecule has 3 aromatic carbocycles. The fourth-order valence-electron chi connectivity index (χ4n) is 5.75. The van der Waals surface area contributed by atoms with Gasteiger partial charge in [-0.05, 0) is 55.7 Å². The van der Waals surface area contributed by atoms with Crippen molar-refractivity contribution in [3.05, 3.63) is 99.5 Å². The SMILES string of the molecule is CCOP(=O)(OCC)N1C(=O)[C@@]2(C[C@H](c3ccc(C)cc3)ON(C)[C@H]2c2ccccc2)c2cc(Br)ccc21. The fourth-order valence-corrected chi connectivity index (χ4v) is 7.91. The number of hydroxylamine groups is 2. The lowest BCUT2D eigenvalue weighted by Gasteiger charge is -2.48. The number of aryl methyl sites for hydroxylation is 1. The third-order valence-corrected chi connectivity index (χ3v) is 9.82. The zero-order chi connectivity index (χ0) is 27.1. The molecule has 1 fully saturated rings. The maximum absolute atomic E-state index is 14.9. The average Bonchev–Trinajstić information content (AvgIpc) is 3.12. The lowest BCUT2D eigenvalue weighted by atomic mass is 9.67. The zero-order valence-electron chi connectivity index (χ0n) is 22.0. The predicted molar refractivity (Wildman–Crippen MR) is 151 cm³/mol. The molecule has 0 radical (unpaired) electrons. The molecule has 3 atom stereocenters. The third kappa shape index (κ3) is 4.47. The van der Waals surface area contributed by atoms with E-state index in [1.54, 1.807) is 18.9 Å². The first-order valence-corrected chi connectivity index (χ1v) is 15.1. The monoisotopic (exact) mass is 598 g/mol. The lowest BCUT2D eigenvalue weighted by molar-refractivity contribution is -0.258. The van der Waals surface area contributed by atoms with Crippen LogP contribution in [0.15, 0.2) is 77.3 Å². The minimum Gasteiger partial charge on any atom is -0.292 e. The molecular weight excluding hydrogens is 567 g/mol. The third-order valence-electron chi connectivity index (χ3n) is 7.27. The van der Waals surface area contributed by atoms with Gasteiger partial charge in [0.05, 0.1) is 24.9 Å². The minimum absolute atomic E-state index is 0.136. The number of benzene rings is 3. The molecule has 2 aliphatic rings. The lowest BCUT2D eigenvalue weighted by Crippen LogP contribution is -2.54. The molecule has 0 aliphatic carbocycles. The summed E-state index contributed by atoms with van der Waals surface area (Å²) in [6.07, 6.45) is -0.0633. The Labute approximate surface area is 232 Å². The standard InChI is InChI=1S/C29H32BrN2O5P/c1-5-35-38(34,36-6-2)32-25-17-16-23(30)18-24(25)29(28(32)33)19-26(21-14-12-20(3)13-15-21)37-31(4)27(29)22-10-8-7-9-11-22/h7-18,26-27H,5-6,19H2,1-4H3/t26-,27+,29+/m1/s1. The van der Waals surface area contributed by atoms with E-state index >= 15 is 0 Å². The highest BCUT2D eigenvalue weighted by atomic mass is 79.9. The number of halogens is 1. The number of likely N-dealkylation sites (N-methyl/N-ethyl adjacent to an activating group) is 1. The number of carbonyl (C=O) groups excluding carboxylic acids is 1. The van der Waals surface area contributed by atoms with Crippen molar-refractivity contribution in [2.75, 3.05) is 24.9 Å². The Morgan fingerprint density at radius 1 is 1.00 bits per heavy atom. The smallest absolute Gasteiger partial charge is 0.292 e. The van der Waals surface area contributed by atoms with Crippen molar-refractivity contribution >= 4 is 35.3 Å². The molecule has 3 aromatic rings. The number of fused-ring (bicyclic) bond motifs is 2. The summed E-state index contributed by atoms with van der Waals surface area (Å²) < 4.78 is 27.8. The summed E-state index contributed by atoms with van der Waals surface area (Å²) in [7, 11) is -2.13. The van der Waals surface area contributed by atoms with E-state index in [1.165, 1.54) is 4.67 Å². The van der Waals surface area contributed by atoms with Crippen molar-refractivity contribution in [2.45, 2.75) is 44.8 Å². The molecule has 9 heteroatoms. The molecule has 38 heavy (non-hydrogen) atoms. The molecule has 1 saturated heterocycles. The van der Waals surface area contributed by atoms with Gasteiger partial charge in [0, 0.05) is 17.9 Å². The maximum atomic E-state index is 14.9. The van der Waals surface area contributed by atoms with Gasteiger partial charge in [-0.15, -0.1) is 0 Å². The van der Waals surface area contributed by atoms with E-state index < -0.39 is 25.3 Å². The first-order valence-electron chi connectivity index (χ1n) is 12.8. The van der Waals surface area contributed by atoms with Crippen molar-refractivity contribution in [3.8, 4) is 0 Å². The highest BCUT2D eigenvalue weighted by Crippen LogP contribution is 2.66. The van der Waals surface area contributed by atoms with Crippen molar-refractivity contribution < 1.29 is 23.2 Å². The molecule has 200 valence electrons. The number of nitrogens with zero attached hydrogens (tertiary/aromatic N) is 2.